The van der Waals surface area contributed by atoms with Gasteiger partial charge in [0.05, 0.1) is 11.8 Å². The summed E-state index contributed by atoms with van der Waals surface area (Å²) in [5.41, 5.74) is 4.60. The molecule has 0 aromatic carbocycles. The van der Waals surface area contributed by atoms with Gasteiger partial charge in [0.1, 0.15) is 5.92 Å². The number of nitriles is 1. The maximum atomic E-state index is 9.56. The summed E-state index contributed by atoms with van der Waals surface area (Å²) in [7, 11) is 0. The van der Waals surface area contributed by atoms with Crippen LogP contribution in [0, 0.1) is 43.4 Å². The van der Waals surface area contributed by atoms with Crippen LogP contribution in [0.4, 0.5) is 0 Å². The topological polar surface area (TPSA) is 103 Å². The van der Waals surface area contributed by atoms with Gasteiger partial charge in [-0.15, -0.1) is 5.10 Å². The lowest BCUT2D eigenvalue weighted by Gasteiger charge is -2.28. The van der Waals surface area contributed by atoms with Gasteiger partial charge in [-0.2, -0.15) is 10.4 Å². The fraction of sp³-hybridized carbons (Fsp3) is 0.467. The Bertz CT molecular complexity index is 794. The zero-order chi connectivity index (χ0) is 16.0. The summed E-state index contributed by atoms with van der Waals surface area (Å²) in [6, 6.07) is 2.21. The number of ether oxygens (including phenoxy) is 1. The third-order valence-electron chi connectivity index (χ3n) is 4.28. The zero-order valence-electron chi connectivity index (χ0n) is 13.1. The fourth-order valence-corrected chi connectivity index (χ4v) is 3.26. The Morgan fingerprint density at radius 3 is 2.68 bits per heavy atom. The Kier molecular flexibility index (Phi) is 3.24. The summed E-state index contributed by atoms with van der Waals surface area (Å²) < 4.78 is 7.34. The summed E-state index contributed by atoms with van der Waals surface area (Å²) in [6.07, 6.45) is 0. The molecule has 2 aromatic rings. The minimum absolute atomic E-state index is 0.0606. The molecule has 1 aliphatic heterocycles. The van der Waals surface area contributed by atoms with Crippen LogP contribution in [0.25, 0.3) is 0 Å². The molecule has 0 saturated carbocycles. The second-order valence-electron chi connectivity index (χ2n) is 5.52. The average molecular weight is 298 g/mol. The largest absolute Gasteiger partial charge is 0.422 e. The van der Waals surface area contributed by atoms with Gasteiger partial charge in [0, 0.05) is 35.0 Å². The number of aromatic amines is 1. The number of H-pyrrole nitrogens is 1. The van der Waals surface area contributed by atoms with E-state index in [2.05, 4.69) is 21.4 Å². The Morgan fingerprint density at radius 2 is 2.09 bits per heavy atom. The molecule has 2 N–H and O–H groups in total. The van der Waals surface area contributed by atoms with E-state index in [1.165, 1.54) is 0 Å². The lowest BCUT2D eigenvalue weighted by molar-refractivity contribution is 0.435. The van der Waals surface area contributed by atoms with Gasteiger partial charge in [-0.1, -0.05) is 0 Å². The van der Waals surface area contributed by atoms with Crippen molar-refractivity contribution in [2.24, 2.45) is 5.92 Å². The van der Waals surface area contributed by atoms with Crippen molar-refractivity contribution in [2.75, 3.05) is 0 Å². The Labute approximate surface area is 128 Å². The standard InChI is InChI=1S/C15H18N6O/c1-5-21-9(4)11(8(3)20-21)13-10(6-16)14(17)22-15-12(13)7(2)18-19-15/h10,13,17H,5H2,1-4H3,(H,18,19). The number of aryl methyl sites for hydroxylation is 3. The molecule has 0 bridgehead atoms. The number of hydrogen-bond donors (Lipinski definition) is 2. The molecule has 3 rings (SSSR count). The summed E-state index contributed by atoms with van der Waals surface area (Å²) in [5, 5.41) is 29.2. The van der Waals surface area contributed by atoms with E-state index in [-0.39, 0.29) is 11.8 Å². The quantitative estimate of drug-likeness (QED) is 0.886. The summed E-state index contributed by atoms with van der Waals surface area (Å²) in [5.74, 6) is -0.618. The highest BCUT2D eigenvalue weighted by molar-refractivity contribution is 5.85. The molecule has 1 aliphatic rings. The van der Waals surface area contributed by atoms with Gasteiger partial charge in [0.15, 0.2) is 0 Å². The predicted molar refractivity (Wildman–Crippen MR) is 80.0 cm³/mol. The molecule has 22 heavy (non-hydrogen) atoms. The second-order valence-corrected chi connectivity index (χ2v) is 5.52. The van der Waals surface area contributed by atoms with Crippen LogP contribution in [0.1, 0.15) is 41.1 Å². The van der Waals surface area contributed by atoms with Crippen molar-refractivity contribution in [1.29, 1.82) is 10.7 Å². The maximum Gasteiger partial charge on any atom is 0.243 e. The van der Waals surface area contributed by atoms with Gasteiger partial charge in [-0.25, -0.2) is 0 Å². The van der Waals surface area contributed by atoms with Gasteiger partial charge in [0.25, 0.3) is 0 Å². The summed E-state index contributed by atoms with van der Waals surface area (Å²) >= 11 is 0. The number of hydrogen-bond acceptors (Lipinski definition) is 5. The van der Waals surface area contributed by atoms with Gasteiger partial charge in [0.2, 0.25) is 11.8 Å². The monoisotopic (exact) mass is 298 g/mol. The van der Waals surface area contributed by atoms with Crippen molar-refractivity contribution >= 4 is 5.90 Å². The molecule has 7 heteroatoms. The van der Waals surface area contributed by atoms with Crippen LogP contribution in [0.2, 0.25) is 0 Å². The SMILES string of the molecule is CCn1nc(C)c(C2c3c(n[nH]c3C)OC(=N)C2C#N)c1C. The Morgan fingerprint density at radius 1 is 1.36 bits per heavy atom. The number of fused-ring (bicyclic) bond motifs is 1. The molecule has 7 nitrogen and oxygen atoms in total. The summed E-state index contributed by atoms with van der Waals surface area (Å²) in [6.45, 7) is 8.65. The van der Waals surface area contributed by atoms with Crippen LogP contribution in [-0.2, 0) is 6.54 Å². The van der Waals surface area contributed by atoms with Gasteiger partial charge >= 0.3 is 0 Å². The highest BCUT2D eigenvalue weighted by atomic mass is 16.5. The lowest BCUT2D eigenvalue weighted by atomic mass is 9.78. The van der Waals surface area contributed by atoms with E-state index in [1.54, 1.807) is 0 Å². The van der Waals surface area contributed by atoms with E-state index in [1.807, 2.05) is 32.4 Å². The molecule has 0 amide bonds. The maximum absolute atomic E-state index is 9.56. The molecule has 2 unspecified atom stereocenters. The molecule has 2 aromatic heterocycles. The molecule has 0 saturated heterocycles. The smallest absolute Gasteiger partial charge is 0.243 e. The molecule has 2 atom stereocenters. The normalized spacial score (nSPS) is 20.4. The van der Waals surface area contributed by atoms with Crippen LogP contribution in [0.15, 0.2) is 0 Å². The average Bonchev–Trinajstić information content (AvgIpc) is 2.98. The van der Waals surface area contributed by atoms with E-state index >= 15 is 0 Å². The number of aromatic nitrogens is 4. The molecule has 0 spiro atoms. The first-order valence-electron chi connectivity index (χ1n) is 7.24. The van der Waals surface area contributed by atoms with Crippen LogP contribution < -0.4 is 4.74 Å². The van der Waals surface area contributed by atoms with Crippen molar-refractivity contribution in [3.05, 3.63) is 28.2 Å². The van der Waals surface area contributed by atoms with E-state index in [9.17, 15) is 5.26 Å². The van der Waals surface area contributed by atoms with Gasteiger partial charge < -0.3 is 4.74 Å². The van der Waals surface area contributed by atoms with E-state index in [4.69, 9.17) is 10.1 Å². The van der Waals surface area contributed by atoms with Crippen molar-refractivity contribution in [3.63, 3.8) is 0 Å². The first-order chi connectivity index (χ1) is 10.5. The highest BCUT2D eigenvalue weighted by Crippen LogP contribution is 2.44. The van der Waals surface area contributed by atoms with Gasteiger partial charge in [-0.05, 0) is 27.7 Å². The Hall–Kier alpha value is -2.62. The summed E-state index contributed by atoms with van der Waals surface area (Å²) in [4.78, 5) is 0. The van der Waals surface area contributed by atoms with E-state index < -0.39 is 5.92 Å². The molecule has 114 valence electrons. The van der Waals surface area contributed by atoms with Crippen LogP contribution in [0.5, 0.6) is 5.88 Å². The molecular weight excluding hydrogens is 280 g/mol. The number of nitrogens with zero attached hydrogens (tertiary/aromatic N) is 4. The minimum atomic E-state index is -0.671. The van der Waals surface area contributed by atoms with Crippen molar-refractivity contribution < 1.29 is 4.74 Å². The third kappa shape index (κ3) is 1.84. The van der Waals surface area contributed by atoms with Crippen LogP contribution >= 0.6 is 0 Å². The van der Waals surface area contributed by atoms with Crippen molar-refractivity contribution in [3.8, 4) is 11.9 Å². The fourth-order valence-electron chi connectivity index (χ4n) is 3.26. The first-order valence-corrected chi connectivity index (χ1v) is 7.24. The Balaban J connectivity index is 2.27. The predicted octanol–water partition coefficient (Wildman–Crippen LogP) is 2.19. The minimum Gasteiger partial charge on any atom is -0.422 e. The van der Waals surface area contributed by atoms with E-state index in [0.717, 1.165) is 34.8 Å². The van der Waals surface area contributed by atoms with Gasteiger partial charge in [-0.3, -0.25) is 15.2 Å². The van der Waals surface area contributed by atoms with Crippen LogP contribution in [0.3, 0.4) is 0 Å². The molecule has 0 fully saturated rings. The number of nitrogens with one attached hydrogen (secondary N) is 2. The highest BCUT2D eigenvalue weighted by Gasteiger charge is 2.42. The molecule has 3 heterocycles. The lowest BCUT2D eigenvalue weighted by Crippen LogP contribution is -2.31. The van der Waals surface area contributed by atoms with Crippen molar-refractivity contribution in [2.45, 2.75) is 40.2 Å². The zero-order valence-corrected chi connectivity index (χ0v) is 13.1. The molecule has 0 radical (unpaired) electrons. The first kappa shape index (κ1) is 14.3. The molecule has 0 aliphatic carbocycles. The van der Waals surface area contributed by atoms with E-state index in [0.29, 0.717) is 5.88 Å². The van der Waals surface area contributed by atoms with Crippen molar-refractivity contribution in [1.82, 2.24) is 20.0 Å². The van der Waals surface area contributed by atoms with Crippen LogP contribution in [-0.4, -0.2) is 25.9 Å². The molecular formula is C15H18N6O. The second kappa shape index (κ2) is 4.98. The third-order valence-corrected chi connectivity index (χ3v) is 4.28. The number of rotatable bonds is 2.